The van der Waals surface area contributed by atoms with Gasteiger partial charge in [0.2, 0.25) is 0 Å². The molecule has 0 bridgehead atoms. The predicted molar refractivity (Wildman–Crippen MR) is 210 cm³/mol. The first-order valence-electron chi connectivity index (χ1n) is 17.0. The Kier molecular flexibility index (Phi) is 8.02. The second-order valence-electron chi connectivity index (χ2n) is 12.7. The number of benzene rings is 5. The van der Waals surface area contributed by atoms with Crippen molar-refractivity contribution in [3.8, 4) is 34.0 Å². The first-order valence-corrected chi connectivity index (χ1v) is 18.6. The molecule has 51 heavy (non-hydrogen) atoms. The second kappa shape index (κ2) is 13.0. The number of nitrogens with zero attached hydrogens (tertiary/aromatic N) is 3. The summed E-state index contributed by atoms with van der Waals surface area (Å²) in [6.45, 7) is 0. The molecule has 0 spiro atoms. The summed E-state index contributed by atoms with van der Waals surface area (Å²) in [4.78, 5) is 20.8. The Morgan fingerprint density at radius 1 is 0.804 bits per heavy atom. The molecule has 9 rings (SSSR count). The van der Waals surface area contributed by atoms with Crippen LogP contribution in [0.15, 0.2) is 159 Å². The maximum atomic E-state index is 14.8. The van der Waals surface area contributed by atoms with Gasteiger partial charge in [0.25, 0.3) is 5.56 Å². The molecular weight excluding hydrogens is 714 g/mol. The number of ether oxygens (including phenoxy) is 1. The van der Waals surface area contributed by atoms with Gasteiger partial charge in [-0.1, -0.05) is 130 Å². The highest BCUT2D eigenvalue weighted by Gasteiger charge is 2.34. The molecule has 2 aromatic heterocycles. The fourth-order valence-electron chi connectivity index (χ4n) is 7.54. The maximum Gasteiger partial charge on any atom is 0.271 e. The van der Waals surface area contributed by atoms with E-state index in [9.17, 15) is 4.79 Å². The number of para-hydroxylation sites is 1. The van der Waals surface area contributed by atoms with Crippen LogP contribution >= 0.6 is 27.3 Å². The lowest BCUT2D eigenvalue weighted by Crippen LogP contribution is -2.39. The molecule has 0 fully saturated rings. The minimum Gasteiger partial charge on any atom is -0.496 e. The molecule has 0 amide bonds. The van der Waals surface area contributed by atoms with Crippen molar-refractivity contribution in [2.24, 2.45) is 4.99 Å². The Morgan fingerprint density at radius 3 is 2.25 bits per heavy atom. The quantitative estimate of drug-likeness (QED) is 0.171. The highest BCUT2D eigenvalue weighted by molar-refractivity contribution is 9.10. The van der Waals surface area contributed by atoms with E-state index in [4.69, 9.17) is 9.73 Å². The molecule has 1 atom stereocenters. The van der Waals surface area contributed by atoms with E-state index in [2.05, 4.69) is 136 Å². The molecule has 1 aliphatic heterocycles. The molecule has 5 nitrogen and oxygen atoms in total. The summed E-state index contributed by atoms with van der Waals surface area (Å²) in [6.07, 6.45) is 3.77. The average molecular weight is 747 g/mol. The zero-order valence-electron chi connectivity index (χ0n) is 27.8. The number of methoxy groups -OCH3 is 1. The largest absolute Gasteiger partial charge is 0.496 e. The predicted octanol–water partition coefficient (Wildman–Crippen LogP) is 9.21. The van der Waals surface area contributed by atoms with Crippen LogP contribution in [-0.2, 0) is 6.42 Å². The van der Waals surface area contributed by atoms with Crippen LogP contribution in [-0.4, -0.2) is 16.2 Å². The first kappa shape index (κ1) is 31.5. The van der Waals surface area contributed by atoms with Crippen molar-refractivity contribution in [1.82, 2.24) is 9.13 Å². The normalized spacial score (nSPS) is 15.2. The number of fused-ring (bicyclic) bond motifs is 3. The molecule has 248 valence electrons. The zero-order valence-corrected chi connectivity index (χ0v) is 30.2. The van der Waals surface area contributed by atoms with Crippen LogP contribution in [0.3, 0.4) is 0 Å². The molecule has 7 heteroatoms. The molecule has 1 aliphatic carbocycles. The molecule has 0 saturated carbocycles. The van der Waals surface area contributed by atoms with Crippen LogP contribution in [0.5, 0.6) is 5.75 Å². The van der Waals surface area contributed by atoms with Gasteiger partial charge >= 0.3 is 0 Å². The number of rotatable bonds is 6. The second-order valence-corrected chi connectivity index (χ2v) is 14.7. The highest BCUT2D eigenvalue weighted by atomic mass is 79.9. The third kappa shape index (κ3) is 5.44. The van der Waals surface area contributed by atoms with E-state index in [1.54, 1.807) is 7.11 Å². The molecule has 0 unspecified atom stereocenters. The monoisotopic (exact) mass is 745 g/mol. The number of halogens is 1. The van der Waals surface area contributed by atoms with E-state index >= 15 is 0 Å². The fourth-order valence-corrected chi connectivity index (χ4v) is 8.80. The van der Waals surface area contributed by atoms with Gasteiger partial charge in [-0.25, -0.2) is 4.99 Å². The van der Waals surface area contributed by atoms with E-state index in [0.717, 1.165) is 79.2 Å². The van der Waals surface area contributed by atoms with E-state index in [-0.39, 0.29) is 11.6 Å². The van der Waals surface area contributed by atoms with Crippen LogP contribution in [0.25, 0.3) is 40.0 Å². The van der Waals surface area contributed by atoms with Crippen LogP contribution in [0.4, 0.5) is 0 Å². The molecule has 5 aromatic carbocycles. The summed E-state index contributed by atoms with van der Waals surface area (Å²) in [7, 11) is 1.69. The van der Waals surface area contributed by atoms with E-state index in [1.165, 1.54) is 16.9 Å². The average Bonchev–Trinajstić information content (AvgIpc) is 3.71. The van der Waals surface area contributed by atoms with E-state index < -0.39 is 0 Å². The lowest BCUT2D eigenvalue weighted by atomic mass is 9.83. The minimum atomic E-state index is -0.330. The Bertz CT molecular complexity index is 2650. The lowest BCUT2D eigenvalue weighted by Gasteiger charge is -2.31. The Morgan fingerprint density at radius 2 is 1.49 bits per heavy atom. The van der Waals surface area contributed by atoms with E-state index in [0.29, 0.717) is 9.33 Å². The van der Waals surface area contributed by atoms with Crippen molar-refractivity contribution >= 4 is 39.0 Å². The number of aryl methyl sites for hydroxylation is 1. The Labute approximate surface area is 307 Å². The molecule has 0 saturated heterocycles. The third-order valence-electron chi connectivity index (χ3n) is 9.82. The summed E-state index contributed by atoms with van der Waals surface area (Å²) in [5.41, 5.74) is 11.6. The smallest absolute Gasteiger partial charge is 0.271 e. The number of hydrogen-bond acceptors (Lipinski definition) is 4. The van der Waals surface area contributed by atoms with Crippen molar-refractivity contribution in [3.05, 3.63) is 192 Å². The van der Waals surface area contributed by atoms with Gasteiger partial charge in [-0.3, -0.25) is 9.36 Å². The van der Waals surface area contributed by atoms with Gasteiger partial charge in [0, 0.05) is 26.9 Å². The molecule has 0 radical (unpaired) electrons. The minimum absolute atomic E-state index is 0.0586. The van der Waals surface area contributed by atoms with Gasteiger partial charge in [-0.2, -0.15) is 0 Å². The Balaban J connectivity index is 1.33. The summed E-state index contributed by atoms with van der Waals surface area (Å²) in [5, 5.41) is 0. The number of hydrogen-bond donors (Lipinski definition) is 0. The van der Waals surface area contributed by atoms with Gasteiger partial charge in [-0.05, 0) is 77.6 Å². The third-order valence-corrected chi connectivity index (χ3v) is 11.3. The van der Waals surface area contributed by atoms with Gasteiger partial charge in [0.05, 0.1) is 34.8 Å². The fraction of sp³-hybridized carbons (Fsp3) is 0.0909. The molecule has 7 aromatic rings. The zero-order chi connectivity index (χ0) is 34.5. The van der Waals surface area contributed by atoms with Crippen molar-refractivity contribution in [2.45, 2.75) is 18.9 Å². The van der Waals surface area contributed by atoms with Crippen molar-refractivity contribution < 1.29 is 4.74 Å². The van der Waals surface area contributed by atoms with Crippen LogP contribution in [0.2, 0.25) is 0 Å². The van der Waals surface area contributed by atoms with Gasteiger partial charge in [-0.15, -0.1) is 0 Å². The summed E-state index contributed by atoms with van der Waals surface area (Å²) < 4.78 is 11.7. The molecule has 2 aliphatic rings. The van der Waals surface area contributed by atoms with Crippen LogP contribution < -0.4 is 19.6 Å². The van der Waals surface area contributed by atoms with Crippen LogP contribution in [0.1, 0.15) is 34.7 Å². The SMILES string of the molecule is COc1ccccc1[C@@H]1C2=C(N=c3s/c(=C/c4cc(-c5ccccc5)n(-c5ccc(Br)cc5)c4-c4ccccc4)c(=O)n31)c1ccccc1CC2. The summed E-state index contributed by atoms with van der Waals surface area (Å²) in [5.74, 6) is 0.759. The van der Waals surface area contributed by atoms with E-state index in [1.807, 2.05) is 34.9 Å². The van der Waals surface area contributed by atoms with Crippen molar-refractivity contribution in [2.75, 3.05) is 7.11 Å². The molecular formula is C44H32BrN3O2S. The topological polar surface area (TPSA) is 48.5 Å². The molecule has 0 N–H and O–H groups in total. The van der Waals surface area contributed by atoms with Crippen LogP contribution in [0, 0.1) is 0 Å². The lowest BCUT2D eigenvalue weighted by molar-refractivity contribution is 0.402. The van der Waals surface area contributed by atoms with Gasteiger partial charge < -0.3 is 9.30 Å². The van der Waals surface area contributed by atoms with Crippen molar-refractivity contribution in [3.63, 3.8) is 0 Å². The summed E-state index contributed by atoms with van der Waals surface area (Å²) >= 11 is 5.07. The number of aromatic nitrogens is 2. The number of thiazole rings is 1. The first-order chi connectivity index (χ1) is 25.1. The standard InChI is InChI=1S/C44H32BrN3O2S/c1-50-38-19-11-10-18-35(38)42-36-25-20-28-12-8-9-17-34(28)40(36)46-44-48(42)43(49)39(51-44)27-31-26-37(29-13-4-2-5-14-29)47(33-23-21-32(45)22-24-33)41(31)30-15-6-3-7-16-30/h2-19,21-24,26-27,42H,20,25H2,1H3/b39-27+/t42-/m1/s1. The molecule has 3 heterocycles. The Hall–Kier alpha value is -5.50. The van der Waals surface area contributed by atoms with Gasteiger partial charge in [0.1, 0.15) is 5.75 Å². The maximum absolute atomic E-state index is 14.8. The summed E-state index contributed by atoms with van der Waals surface area (Å²) in [6, 6.07) is 47.6. The number of allylic oxidation sites excluding steroid dienone is 1. The van der Waals surface area contributed by atoms with Crippen molar-refractivity contribution in [1.29, 1.82) is 0 Å². The van der Waals surface area contributed by atoms with Gasteiger partial charge in [0.15, 0.2) is 4.80 Å². The highest BCUT2D eigenvalue weighted by Crippen LogP contribution is 2.43.